The fraction of sp³-hybridized carbons (Fsp3) is 0.133. The van der Waals surface area contributed by atoms with E-state index >= 15 is 0 Å². The number of aryl methyl sites for hydroxylation is 2. The molecule has 2 rings (SSSR count). The van der Waals surface area contributed by atoms with Crippen molar-refractivity contribution < 1.29 is 13.9 Å². The van der Waals surface area contributed by atoms with E-state index in [0.29, 0.717) is 16.9 Å². The van der Waals surface area contributed by atoms with E-state index in [9.17, 15) is 9.18 Å². The van der Waals surface area contributed by atoms with Crippen molar-refractivity contribution >= 4 is 5.97 Å². The molecular formula is C15H13FO2. The predicted octanol–water partition coefficient (Wildman–Crippen LogP) is 3.66. The topological polar surface area (TPSA) is 26.3 Å². The summed E-state index contributed by atoms with van der Waals surface area (Å²) in [7, 11) is 0. The highest BCUT2D eigenvalue weighted by atomic mass is 19.1. The summed E-state index contributed by atoms with van der Waals surface area (Å²) in [4.78, 5) is 11.8. The van der Waals surface area contributed by atoms with Gasteiger partial charge in [0.25, 0.3) is 0 Å². The summed E-state index contributed by atoms with van der Waals surface area (Å²) >= 11 is 0. The summed E-state index contributed by atoms with van der Waals surface area (Å²) in [5, 5.41) is 0. The lowest BCUT2D eigenvalue weighted by atomic mass is 10.1. The largest absolute Gasteiger partial charge is 0.423 e. The smallest absolute Gasteiger partial charge is 0.343 e. The minimum Gasteiger partial charge on any atom is -0.423 e. The van der Waals surface area contributed by atoms with Gasteiger partial charge in [-0.2, -0.15) is 0 Å². The second-order valence-electron chi connectivity index (χ2n) is 4.17. The maximum atomic E-state index is 13.1. The number of hydrogen-bond acceptors (Lipinski definition) is 2. The molecule has 2 nitrogen and oxygen atoms in total. The zero-order valence-corrected chi connectivity index (χ0v) is 10.2. The summed E-state index contributed by atoms with van der Waals surface area (Å²) < 4.78 is 18.2. The van der Waals surface area contributed by atoms with Gasteiger partial charge in [0.2, 0.25) is 0 Å². The lowest BCUT2D eigenvalue weighted by molar-refractivity contribution is 0.0734. The van der Waals surface area contributed by atoms with Gasteiger partial charge in [0, 0.05) is 0 Å². The molecule has 0 fully saturated rings. The molecule has 0 spiro atoms. The molecule has 0 aliphatic rings. The molecule has 0 radical (unpaired) electrons. The Morgan fingerprint density at radius 2 is 1.72 bits per heavy atom. The van der Waals surface area contributed by atoms with E-state index in [-0.39, 0.29) is 5.82 Å². The monoisotopic (exact) mass is 244 g/mol. The molecule has 0 aliphatic carbocycles. The number of esters is 1. The van der Waals surface area contributed by atoms with E-state index in [0.717, 1.165) is 5.56 Å². The van der Waals surface area contributed by atoms with Gasteiger partial charge < -0.3 is 4.74 Å². The molecule has 3 heteroatoms. The van der Waals surface area contributed by atoms with E-state index in [2.05, 4.69) is 0 Å². The van der Waals surface area contributed by atoms with Crippen LogP contribution in [0.25, 0.3) is 0 Å². The van der Waals surface area contributed by atoms with Crippen molar-refractivity contribution in [3.63, 3.8) is 0 Å². The fourth-order valence-corrected chi connectivity index (χ4v) is 1.54. The zero-order chi connectivity index (χ0) is 13.1. The fourth-order valence-electron chi connectivity index (χ4n) is 1.54. The molecule has 18 heavy (non-hydrogen) atoms. The van der Waals surface area contributed by atoms with E-state index in [4.69, 9.17) is 4.74 Å². The maximum absolute atomic E-state index is 13.1. The van der Waals surface area contributed by atoms with E-state index in [1.807, 2.05) is 19.1 Å². The number of rotatable bonds is 2. The molecule has 0 amide bonds. The van der Waals surface area contributed by atoms with Crippen LogP contribution in [-0.2, 0) is 0 Å². The van der Waals surface area contributed by atoms with Gasteiger partial charge in [-0.3, -0.25) is 0 Å². The van der Waals surface area contributed by atoms with Crippen LogP contribution in [-0.4, -0.2) is 5.97 Å². The molecule has 2 aromatic carbocycles. The quantitative estimate of drug-likeness (QED) is 0.595. The van der Waals surface area contributed by atoms with Crippen molar-refractivity contribution in [2.75, 3.05) is 0 Å². The molecule has 0 saturated carbocycles. The molecule has 0 aliphatic heterocycles. The Morgan fingerprint density at radius 3 is 2.33 bits per heavy atom. The highest BCUT2D eigenvalue weighted by Gasteiger charge is 2.09. The number of benzene rings is 2. The van der Waals surface area contributed by atoms with Crippen LogP contribution in [0.4, 0.5) is 4.39 Å². The first-order chi connectivity index (χ1) is 8.56. The number of hydrogen-bond donors (Lipinski definition) is 0. The van der Waals surface area contributed by atoms with Gasteiger partial charge in [0.1, 0.15) is 11.6 Å². The average Bonchev–Trinajstić information content (AvgIpc) is 2.34. The van der Waals surface area contributed by atoms with Crippen LogP contribution in [0.3, 0.4) is 0 Å². The van der Waals surface area contributed by atoms with Crippen LogP contribution >= 0.6 is 0 Å². The second-order valence-corrected chi connectivity index (χ2v) is 4.17. The molecular weight excluding hydrogens is 231 g/mol. The second kappa shape index (κ2) is 5.00. The number of ether oxygens (including phenoxy) is 1. The number of carbonyl (C=O) groups is 1. The van der Waals surface area contributed by atoms with Gasteiger partial charge >= 0.3 is 5.97 Å². The lowest BCUT2D eigenvalue weighted by Crippen LogP contribution is -2.08. The Hall–Kier alpha value is -2.16. The molecule has 0 aromatic heterocycles. The minimum atomic E-state index is -0.444. The van der Waals surface area contributed by atoms with Crippen molar-refractivity contribution in [3.8, 4) is 5.75 Å². The number of halogens is 1. The van der Waals surface area contributed by atoms with Gasteiger partial charge in [0.05, 0.1) is 5.56 Å². The highest BCUT2D eigenvalue weighted by molar-refractivity contribution is 5.91. The standard InChI is InChI=1S/C15H13FO2/c1-10-3-5-12(6-4-10)15(17)18-13-7-8-14(16)11(2)9-13/h3-9H,1-2H3. The zero-order valence-electron chi connectivity index (χ0n) is 10.2. The summed E-state index contributed by atoms with van der Waals surface area (Å²) in [6.07, 6.45) is 0. The lowest BCUT2D eigenvalue weighted by Gasteiger charge is -2.05. The summed E-state index contributed by atoms with van der Waals surface area (Å²) in [6, 6.07) is 11.3. The summed E-state index contributed by atoms with van der Waals surface area (Å²) in [6.45, 7) is 3.57. The summed E-state index contributed by atoms with van der Waals surface area (Å²) in [5.74, 6) is -0.411. The van der Waals surface area contributed by atoms with E-state index in [1.54, 1.807) is 19.1 Å². The van der Waals surface area contributed by atoms with Gasteiger partial charge in [0.15, 0.2) is 0 Å². The first-order valence-electron chi connectivity index (χ1n) is 5.61. The molecule has 0 heterocycles. The van der Waals surface area contributed by atoms with E-state index < -0.39 is 5.97 Å². The maximum Gasteiger partial charge on any atom is 0.343 e. The van der Waals surface area contributed by atoms with Crippen LogP contribution in [0.2, 0.25) is 0 Å². The van der Waals surface area contributed by atoms with Crippen LogP contribution in [0.5, 0.6) is 5.75 Å². The Morgan fingerprint density at radius 1 is 1.06 bits per heavy atom. The Kier molecular flexibility index (Phi) is 3.42. The normalized spacial score (nSPS) is 10.2. The Bertz CT molecular complexity index is 574. The molecule has 0 atom stereocenters. The first-order valence-corrected chi connectivity index (χ1v) is 5.61. The van der Waals surface area contributed by atoms with Crippen LogP contribution in [0, 0.1) is 19.7 Å². The SMILES string of the molecule is Cc1ccc(C(=O)Oc2ccc(F)c(C)c2)cc1. The Balaban J connectivity index is 2.16. The van der Waals surface area contributed by atoms with Gasteiger partial charge in [-0.1, -0.05) is 17.7 Å². The van der Waals surface area contributed by atoms with Crippen molar-refractivity contribution in [3.05, 3.63) is 65.0 Å². The third kappa shape index (κ3) is 2.74. The predicted molar refractivity (Wildman–Crippen MR) is 67.3 cm³/mol. The van der Waals surface area contributed by atoms with E-state index in [1.165, 1.54) is 18.2 Å². The third-order valence-electron chi connectivity index (χ3n) is 2.63. The number of carbonyl (C=O) groups excluding carboxylic acids is 1. The van der Waals surface area contributed by atoms with Crippen molar-refractivity contribution in [1.29, 1.82) is 0 Å². The molecule has 0 saturated heterocycles. The molecule has 0 bridgehead atoms. The molecule has 0 N–H and O–H groups in total. The minimum absolute atomic E-state index is 0.315. The highest BCUT2D eigenvalue weighted by Crippen LogP contribution is 2.17. The first kappa shape index (κ1) is 12.3. The van der Waals surface area contributed by atoms with Crippen molar-refractivity contribution in [2.45, 2.75) is 13.8 Å². The summed E-state index contributed by atoms with van der Waals surface area (Å²) in [5.41, 5.74) is 2.00. The molecule has 92 valence electrons. The van der Waals surface area contributed by atoms with Crippen LogP contribution < -0.4 is 4.74 Å². The van der Waals surface area contributed by atoms with Gasteiger partial charge in [-0.25, -0.2) is 9.18 Å². The third-order valence-corrected chi connectivity index (χ3v) is 2.63. The molecule has 0 unspecified atom stereocenters. The Labute approximate surface area is 105 Å². The van der Waals surface area contributed by atoms with Crippen LogP contribution in [0.1, 0.15) is 21.5 Å². The van der Waals surface area contributed by atoms with Gasteiger partial charge in [-0.15, -0.1) is 0 Å². The van der Waals surface area contributed by atoms with Gasteiger partial charge in [-0.05, 0) is 49.7 Å². The molecule has 2 aromatic rings. The van der Waals surface area contributed by atoms with Crippen molar-refractivity contribution in [2.24, 2.45) is 0 Å². The van der Waals surface area contributed by atoms with Crippen LogP contribution in [0.15, 0.2) is 42.5 Å². The van der Waals surface area contributed by atoms with Crippen molar-refractivity contribution in [1.82, 2.24) is 0 Å². The average molecular weight is 244 g/mol.